The number of aromatic nitrogens is 4. The summed E-state index contributed by atoms with van der Waals surface area (Å²) in [5.41, 5.74) is 11.0. The van der Waals surface area contributed by atoms with E-state index in [1.54, 1.807) is 0 Å². The van der Waals surface area contributed by atoms with Gasteiger partial charge in [-0.25, -0.2) is 4.98 Å². The van der Waals surface area contributed by atoms with E-state index in [0.717, 1.165) is 40.4 Å². The van der Waals surface area contributed by atoms with E-state index >= 15 is 0 Å². The summed E-state index contributed by atoms with van der Waals surface area (Å²) in [6, 6.07) is 8.24. The second-order valence-electron chi connectivity index (χ2n) is 5.01. The van der Waals surface area contributed by atoms with Crippen molar-refractivity contribution >= 4 is 11.0 Å². The van der Waals surface area contributed by atoms with Gasteiger partial charge in [0, 0.05) is 20.1 Å². The fraction of sp³-hybridized carbons (Fsp3) is 0.333. The third kappa shape index (κ3) is 1.91. The van der Waals surface area contributed by atoms with Gasteiger partial charge < -0.3 is 10.3 Å². The molecule has 3 rings (SSSR count). The lowest BCUT2D eigenvalue weighted by atomic mass is 10.2. The molecule has 0 amide bonds. The van der Waals surface area contributed by atoms with Crippen molar-refractivity contribution in [2.24, 2.45) is 12.8 Å². The molecule has 0 radical (unpaired) electrons. The van der Waals surface area contributed by atoms with Crippen molar-refractivity contribution in [3.8, 4) is 11.5 Å². The molecular weight excluding hydrogens is 250 g/mol. The van der Waals surface area contributed by atoms with E-state index in [2.05, 4.69) is 28.7 Å². The van der Waals surface area contributed by atoms with Gasteiger partial charge in [0.05, 0.1) is 16.7 Å². The number of hydrogen-bond acceptors (Lipinski definition) is 3. The first-order valence-corrected chi connectivity index (χ1v) is 6.84. The fourth-order valence-electron chi connectivity index (χ4n) is 2.56. The summed E-state index contributed by atoms with van der Waals surface area (Å²) < 4.78 is 4.09. The zero-order valence-corrected chi connectivity index (χ0v) is 12.1. The molecule has 1 aromatic carbocycles. The molecule has 5 nitrogen and oxygen atoms in total. The van der Waals surface area contributed by atoms with E-state index in [4.69, 9.17) is 10.7 Å². The molecule has 2 N–H and O–H groups in total. The predicted octanol–water partition coefficient (Wildman–Crippen LogP) is 2.22. The highest BCUT2D eigenvalue weighted by Crippen LogP contribution is 2.25. The summed E-state index contributed by atoms with van der Waals surface area (Å²) in [6.07, 6.45) is 0. The summed E-state index contributed by atoms with van der Waals surface area (Å²) in [6.45, 7) is 5.47. The van der Waals surface area contributed by atoms with Crippen molar-refractivity contribution < 1.29 is 0 Å². The zero-order chi connectivity index (χ0) is 14.3. The van der Waals surface area contributed by atoms with Gasteiger partial charge in [-0.05, 0) is 37.6 Å². The topological polar surface area (TPSA) is 61.7 Å². The lowest BCUT2D eigenvalue weighted by Gasteiger charge is -2.05. The monoisotopic (exact) mass is 269 g/mol. The Balaban J connectivity index is 2.23. The number of aryl methyl sites for hydroxylation is 3. The highest BCUT2D eigenvalue weighted by atomic mass is 15.3. The van der Waals surface area contributed by atoms with Gasteiger partial charge in [0.25, 0.3) is 0 Å². The summed E-state index contributed by atoms with van der Waals surface area (Å²) in [4.78, 5) is 4.74. The van der Waals surface area contributed by atoms with Crippen LogP contribution in [0.25, 0.3) is 22.6 Å². The van der Waals surface area contributed by atoms with Gasteiger partial charge in [-0.3, -0.25) is 4.68 Å². The molecule has 0 aliphatic carbocycles. The zero-order valence-electron chi connectivity index (χ0n) is 12.1. The average Bonchev–Trinajstić information content (AvgIpc) is 2.99. The van der Waals surface area contributed by atoms with Crippen molar-refractivity contribution in [2.75, 3.05) is 0 Å². The van der Waals surface area contributed by atoms with E-state index in [1.807, 2.05) is 30.8 Å². The van der Waals surface area contributed by atoms with E-state index in [0.29, 0.717) is 6.54 Å². The minimum atomic E-state index is 0.544. The number of nitrogens with zero attached hydrogens (tertiary/aromatic N) is 4. The molecule has 3 aromatic rings. The fourth-order valence-corrected chi connectivity index (χ4v) is 2.56. The first-order chi connectivity index (χ1) is 9.63. The molecule has 2 aromatic heterocycles. The van der Waals surface area contributed by atoms with Crippen LogP contribution >= 0.6 is 0 Å². The van der Waals surface area contributed by atoms with Crippen molar-refractivity contribution in [2.45, 2.75) is 26.9 Å². The molecule has 0 spiro atoms. The van der Waals surface area contributed by atoms with Crippen LogP contribution in [0.5, 0.6) is 0 Å². The van der Waals surface area contributed by atoms with Crippen LogP contribution in [0.4, 0.5) is 0 Å². The molecule has 0 bridgehead atoms. The Hall–Kier alpha value is -2.14. The quantitative estimate of drug-likeness (QED) is 0.793. The van der Waals surface area contributed by atoms with Crippen LogP contribution in [-0.2, 0) is 20.1 Å². The SMILES string of the molecule is CCn1nc(C)cc1-c1nc2ccc(CN)cc2n1C. The third-order valence-corrected chi connectivity index (χ3v) is 3.61. The standard InChI is InChI=1S/C15H19N5/c1-4-20-14(7-10(2)18-20)15-17-12-6-5-11(9-16)8-13(12)19(15)3/h5-8H,4,9,16H2,1-3H3. The van der Waals surface area contributed by atoms with Crippen molar-refractivity contribution in [1.29, 1.82) is 0 Å². The summed E-state index contributed by atoms with van der Waals surface area (Å²) in [5, 5.41) is 4.49. The van der Waals surface area contributed by atoms with Gasteiger partial charge >= 0.3 is 0 Å². The number of imidazole rings is 1. The maximum atomic E-state index is 5.71. The maximum Gasteiger partial charge on any atom is 0.159 e. The van der Waals surface area contributed by atoms with Crippen LogP contribution in [0.1, 0.15) is 18.2 Å². The average molecular weight is 269 g/mol. The number of hydrogen-bond donors (Lipinski definition) is 1. The Morgan fingerprint density at radius 1 is 1.25 bits per heavy atom. The number of benzene rings is 1. The third-order valence-electron chi connectivity index (χ3n) is 3.61. The second-order valence-corrected chi connectivity index (χ2v) is 5.01. The van der Waals surface area contributed by atoms with Crippen LogP contribution in [0.2, 0.25) is 0 Å². The number of fused-ring (bicyclic) bond motifs is 1. The van der Waals surface area contributed by atoms with Crippen LogP contribution in [0, 0.1) is 6.92 Å². The Morgan fingerprint density at radius 2 is 2.05 bits per heavy atom. The van der Waals surface area contributed by atoms with E-state index < -0.39 is 0 Å². The van der Waals surface area contributed by atoms with Crippen molar-refractivity contribution in [1.82, 2.24) is 19.3 Å². The molecule has 5 heteroatoms. The molecule has 0 unspecified atom stereocenters. The smallest absolute Gasteiger partial charge is 0.159 e. The van der Waals surface area contributed by atoms with E-state index in [1.165, 1.54) is 0 Å². The van der Waals surface area contributed by atoms with Crippen molar-refractivity contribution in [3.63, 3.8) is 0 Å². The second kappa shape index (κ2) is 4.76. The maximum absolute atomic E-state index is 5.71. The molecule has 20 heavy (non-hydrogen) atoms. The van der Waals surface area contributed by atoms with Gasteiger partial charge in [0.15, 0.2) is 5.82 Å². The predicted molar refractivity (Wildman–Crippen MR) is 80.2 cm³/mol. The van der Waals surface area contributed by atoms with Crippen molar-refractivity contribution in [3.05, 3.63) is 35.5 Å². The molecule has 0 fully saturated rings. The van der Waals surface area contributed by atoms with Crippen LogP contribution < -0.4 is 5.73 Å². The first-order valence-electron chi connectivity index (χ1n) is 6.84. The highest BCUT2D eigenvalue weighted by Gasteiger charge is 2.14. The molecule has 0 aliphatic heterocycles. The summed E-state index contributed by atoms with van der Waals surface area (Å²) >= 11 is 0. The number of nitrogens with two attached hydrogens (primary N) is 1. The molecule has 0 aliphatic rings. The Kier molecular flexibility index (Phi) is 3.06. The van der Waals surface area contributed by atoms with Gasteiger partial charge in [-0.2, -0.15) is 5.10 Å². The first kappa shape index (κ1) is 12.9. The van der Waals surface area contributed by atoms with Crippen LogP contribution in [-0.4, -0.2) is 19.3 Å². The molecule has 0 atom stereocenters. The van der Waals surface area contributed by atoms with Gasteiger partial charge in [-0.15, -0.1) is 0 Å². The Labute approximate surface area is 118 Å². The normalized spacial score (nSPS) is 11.4. The Morgan fingerprint density at radius 3 is 2.75 bits per heavy atom. The summed E-state index contributed by atoms with van der Waals surface area (Å²) in [5.74, 6) is 0.941. The minimum Gasteiger partial charge on any atom is -0.326 e. The van der Waals surface area contributed by atoms with Gasteiger partial charge in [0.1, 0.15) is 5.69 Å². The molecular formula is C15H19N5. The largest absolute Gasteiger partial charge is 0.326 e. The molecule has 0 saturated heterocycles. The van der Waals surface area contributed by atoms with Gasteiger partial charge in [-0.1, -0.05) is 6.07 Å². The van der Waals surface area contributed by atoms with E-state index in [-0.39, 0.29) is 0 Å². The number of rotatable bonds is 3. The van der Waals surface area contributed by atoms with Crippen LogP contribution in [0.3, 0.4) is 0 Å². The molecule has 104 valence electrons. The molecule has 2 heterocycles. The highest BCUT2D eigenvalue weighted by molar-refractivity contribution is 5.80. The van der Waals surface area contributed by atoms with Crippen LogP contribution in [0.15, 0.2) is 24.3 Å². The molecule has 0 saturated carbocycles. The lowest BCUT2D eigenvalue weighted by molar-refractivity contribution is 0.655. The van der Waals surface area contributed by atoms with Gasteiger partial charge in [0.2, 0.25) is 0 Å². The summed E-state index contributed by atoms with van der Waals surface area (Å²) in [7, 11) is 2.04. The van der Waals surface area contributed by atoms with E-state index in [9.17, 15) is 0 Å². The lowest BCUT2D eigenvalue weighted by Crippen LogP contribution is -2.03. The Bertz CT molecular complexity index is 766. The minimum absolute atomic E-state index is 0.544.